The zero-order valence-electron chi connectivity index (χ0n) is 12.2. The summed E-state index contributed by atoms with van der Waals surface area (Å²) in [6.07, 6.45) is 6.98. The van der Waals surface area contributed by atoms with Gasteiger partial charge in [0.1, 0.15) is 12.7 Å². The molecule has 0 bridgehead atoms. The number of halogens is 1. The van der Waals surface area contributed by atoms with Gasteiger partial charge in [0.05, 0.1) is 11.6 Å². The molecule has 5 heteroatoms. The van der Waals surface area contributed by atoms with E-state index in [9.17, 15) is 0 Å². The second kappa shape index (κ2) is 6.91. The summed E-state index contributed by atoms with van der Waals surface area (Å²) >= 11 is 6.51. The number of hydrogen-bond acceptors (Lipinski definition) is 3. The SMILES string of the molecule is N#Cc1ccc(/C=C\c2ccccc2)c(C(Cl)n2cncn2)c1. The lowest BCUT2D eigenvalue weighted by molar-refractivity contribution is 0.659. The first-order valence-electron chi connectivity index (χ1n) is 7.03. The summed E-state index contributed by atoms with van der Waals surface area (Å²) in [4.78, 5) is 3.92. The third kappa shape index (κ3) is 3.47. The smallest absolute Gasteiger partial charge is 0.153 e. The second-order valence-corrected chi connectivity index (χ2v) is 5.32. The molecule has 0 saturated carbocycles. The largest absolute Gasteiger partial charge is 0.230 e. The van der Waals surface area contributed by atoms with Crippen LogP contribution in [0.5, 0.6) is 0 Å². The van der Waals surface area contributed by atoms with Crippen molar-refractivity contribution in [3.8, 4) is 6.07 Å². The molecule has 3 aromatic rings. The van der Waals surface area contributed by atoms with E-state index < -0.39 is 5.50 Å². The minimum atomic E-state index is -0.527. The van der Waals surface area contributed by atoms with E-state index in [4.69, 9.17) is 16.9 Å². The van der Waals surface area contributed by atoms with Crippen molar-refractivity contribution in [2.75, 3.05) is 0 Å². The summed E-state index contributed by atoms with van der Waals surface area (Å²) in [6, 6.07) is 17.6. The van der Waals surface area contributed by atoms with E-state index in [1.165, 1.54) is 6.33 Å². The molecule has 2 aromatic carbocycles. The molecule has 0 fully saturated rings. The lowest BCUT2D eigenvalue weighted by Crippen LogP contribution is -2.06. The van der Waals surface area contributed by atoms with Gasteiger partial charge in [-0.15, -0.1) is 0 Å². The van der Waals surface area contributed by atoms with Gasteiger partial charge in [-0.2, -0.15) is 10.4 Å². The molecule has 0 saturated heterocycles. The van der Waals surface area contributed by atoms with Gasteiger partial charge in [0.25, 0.3) is 0 Å². The normalized spacial score (nSPS) is 12.2. The van der Waals surface area contributed by atoms with Crippen LogP contribution in [-0.2, 0) is 0 Å². The highest BCUT2D eigenvalue weighted by molar-refractivity contribution is 6.21. The Morgan fingerprint density at radius 3 is 2.65 bits per heavy atom. The minimum Gasteiger partial charge on any atom is -0.230 e. The average molecular weight is 321 g/mol. The highest BCUT2D eigenvalue weighted by Gasteiger charge is 2.14. The van der Waals surface area contributed by atoms with Crippen LogP contribution < -0.4 is 0 Å². The van der Waals surface area contributed by atoms with Crippen molar-refractivity contribution in [1.29, 1.82) is 5.26 Å². The van der Waals surface area contributed by atoms with Gasteiger partial charge in [-0.05, 0) is 23.3 Å². The van der Waals surface area contributed by atoms with Gasteiger partial charge in [0.15, 0.2) is 5.50 Å². The summed E-state index contributed by atoms with van der Waals surface area (Å²) in [5.41, 5.74) is 2.87. The van der Waals surface area contributed by atoms with Gasteiger partial charge in [-0.25, -0.2) is 9.67 Å². The van der Waals surface area contributed by atoms with Crippen molar-refractivity contribution >= 4 is 23.8 Å². The molecule has 0 amide bonds. The maximum absolute atomic E-state index is 9.13. The number of rotatable bonds is 4. The van der Waals surface area contributed by atoms with Gasteiger partial charge in [-0.3, -0.25) is 0 Å². The molecule has 0 aliphatic carbocycles. The van der Waals surface area contributed by atoms with Crippen LogP contribution in [0.1, 0.15) is 27.8 Å². The van der Waals surface area contributed by atoms with Crippen LogP contribution in [0.15, 0.2) is 61.2 Å². The number of nitriles is 1. The molecule has 1 atom stereocenters. The topological polar surface area (TPSA) is 54.5 Å². The zero-order chi connectivity index (χ0) is 16.1. The molecule has 0 N–H and O–H groups in total. The first kappa shape index (κ1) is 15.0. The van der Waals surface area contributed by atoms with Crippen LogP contribution in [-0.4, -0.2) is 14.8 Å². The molecule has 0 aliphatic heterocycles. The van der Waals surface area contributed by atoms with Crippen molar-refractivity contribution in [2.24, 2.45) is 0 Å². The summed E-state index contributed by atoms with van der Waals surface area (Å²) < 4.78 is 1.55. The second-order valence-electron chi connectivity index (χ2n) is 4.91. The fourth-order valence-corrected chi connectivity index (χ4v) is 2.52. The molecule has 3 rings (SSSR count). The van der Waals surface area contributed by atoms with Crippen LogP contribution in [0.2, 0.25) is 0 Å². The van der Waals surface area contributed by atoms with Crippen LogP contribution in [0.25, 0.3) is 12.2 Å². The van der Waals surface area contributed by atoms with Crippen LogP contribution in [0.4, 0.5) is 0 Å². The van der Waals surface area contributed by atoms with Crippen molar-refractivity contribution in [1.82, 2.24) is 14.8 Å². The summed E-state index contributed by atoms with van der Waals surface area (Å²) in [5.74, 6) is 0. The first-order valence-corrected chi connectivity index (χ1v) is 7.47. The molecule has 112 valence electrons. The molecular formula is C18H13ClN4. The summed E-state index contributed by atoms with van der Waals surface area (Å²) in [5, 5.41) is 13.2. The fraction of sp³-hybridized carbons (Fsp3) is 0.0556. The molecule has 1 heterocycles. The maximum Gasteiger partial charge on any atom is 0.153 e. The van der Waals surface area contributed by atoms with Crippen molar-refractivity contribution < 1.29 is 0 Å². The molecule has 4 nitrogen and oxygen atoms in total. The highest BCUT2D eigenvalue weighted by Crippen LogP contribution is 2.27. The van der Waals surface area contributed by atoms with E-state index in [1.54, 1.807) is 23.1 Å². The van der Waals surface area contributed by atoms with Crippen LogP contribution in [0, 0.1) is 11.3 Å². The molecular weight excluding hydrogens is 308 g/mol. The van der Waals surface area contributed by atoms with E-state index in [0.717, 1.165) is 16.7 Å². The monoisotopic (exact) mass is 320 g/mol. The lowest BCUT2D eigenvalue weighted by Gasteiger charge is -2.13. The minimum absolute atomic E-state index is 0.527. The number of nitrogens with zero attached hydrogens (tertiary/aromatic N) is 4. The van der Waals surface area contributed by atoms with E-state index in [-0.39, 0.29) is 0 Å². The maximum atomic E-state index is 9.13. The molecule has 0 spiro atoms. The Morgan fingerprint density at radius 1 is 1.13 bits per heavy atom. The number of aromatic nitrogens is 3. The number of alkyl halides is 1. The fourth-order valence-electron chi connectivity index (χ4n) is 2.23. The van der Waals surface area contributed by atoms with Gasteiger partial charge in [0, 0.05) is 5.56 Å². The Labute approximate surface area is 139 Å². The van der Waals surface area contributed by atoms with Crippen molar-refractivity contribution in [3.63, 3.8) is 0 Å². The number of benzene rings is 2. The zero-order valence-corrected chi connectivity index (χ0v) is 12.9. The van der Waals surface area contributed by atoms with E-state index >= 15 is 0 Å². The predicted octanol–water partition coefficient (Wildman–Crippen LogP) is 4.11. The van der Waals surface area contributed by atoms with Crippen molar-refractivity contribution in [2.45, 2.75) is 5.50 Å². The van der Waals surface area contributed by atoms with Gasteiger partial charge >= 0.3 is 0 Å². The van der Waals surface area contributed by atoms with Crippen LogP contribution >= 0.6 is 11.6 Å². The van der Waals surface area contributed by atoms with E-state index in [2.05, 4.69) is 16.2 Å². The molecule has 1 unspecified atom stereocenters. The first-order chi connectivity index (χ1) is 11.3. The molecule has 23 heavy (non-hydrogen) atoms. The summed E-state index contributed by atoms with van der Waals surface area (Å²) in [7, 11) is 0. The Bertz CT molecular complexity index is 848. The Hall–Kier alpha value is -2.90. The standard InChI is InChI=1S/C18H13ClN4/c19-18(23-13-21-12-22-23)17-10-15(11-20)7-9-16(17)8-6-14-4-2-1-3-5-14/h1-10,12-13,18H/b8-6-. The van der Waals surface area contributed by atoms with E-state index in [0.29, 0.717) is 5.56 Å². The third-order valence-electron chi connectivity index (χ3n) is 3.40. The van der Waals surface area contributed by atoms with Crippen LogP contribution in [0.3, 0.4) is 0 Å². The average Bonchev–Trinajstić information content (AvgIpc) is 3.15. The molecule has 1 aromatic heterocycles. The lowest BCUT2D eigenvalue weighted by atomic mass is 10.0. The molecule has 0 aliphatic rings. The molecule has 0 radical (unpaired) electrons. The van der Waals surface area contributed by atoms with Gasteiger partial charge < -0.3 is 0 Å². The Kier molecular flexibility index (Phi) is 4.51. The quantitative estimate of drug-likeness (QED) is 0.537. The van der Waals surface area contributed by atoms with Gasteiger partial charge in [0.2, 0.25) is 0 Å². The highest BCUT2D eigenvalue weighted by atomic mass is 35.5. The Morgan fingerprint density at radius 2 is 1.96 bits per heavy atom. The summed E-state index contributed by atoms with van der Waals surface area (Å²) in [6.45, 7) is 0. The Balaban J connectivity index is 2.00. The van der Waals surface area contributed by atoms with Gasteiger partial charge in [-0.1, -0.05) is 60.2 Å². The van der Waals surface area contributed by atoms with Crippen molar-refractivity contribution in [3.05, 3.63) is 83.4 Å². The van der Waals surface area contributed by atoms with E-state index in [1.807, 2.05) is 48.6 Å². The number of hydrogen-bond donors (Lipinski definition) is 0. The predicted molar refractivity (Wildman–Crippen MR) is 90.5 cm³/mol. The third-order valence-corrected chi connectivity index (χ3v) is 3.83.